The molecule has 1 aliphatic heterocycles. The molecular weight excluding hydrogens is 411 g/mol. The van der Waals surface area contributed by atoms with Gasteiger partial charge in [0.2, 0.25) is 0 Å². The average Bonchev–Trinajstić information content (AvgIpc) is 2.76. The fourth-order valence-electron chi connectivity index (χ4n) is 3.22. The molecule has 24 heavy (non-hydrogen) atoms. The number of rotatable bonds is 4. The number of halogens is 1. The number of guanidine groups is 1. The minimum Gasteiger partial charge on any atom is -0.349 e. The molecule has 2 rings (SSSR count). The van der Waals surface area contributed by atoms with Crippen LogP contribution in [0.25, 0.3) is 0 Å². The molecule has 0 atom stereocenters. The number of nitrogens with zero attached hydrogens (tertiary/aromatic N) is 4. The summed E-state index contributed by atoms with van der Waals surface area (Å²) in [4.78, 5) is 11.5. The van der Waals surface area contributed by atoms with Gasteiger partial charge in [0, 0.05) is 34.7 Å². The Kier molecular flexibility index (Phi) is 9.66. The minimum atomic E-state index is 0. The van der Waals surface area contributed by atoms with Crippen LogP contribution in [-0.4, -0.2) is 61.9 Å². The molecule has 0 radical (unpaired) electrons. The van der Waals surface area contributed by atoms with Crippen LogP contribution >= 0.6 is 24.0 Å². The molecule has 0 unspecified atom stereocenters. The molecule has 0 saturated carbocycles. The zero-order chi connectivity index (χ0) is 16.7. The predicted octanol–water partition coefficient (Wildman–Crippen LogP) is 3.66. The Hall–Kier alpha value is -0.820. The van der Waals surface area contributed by atoms with E-state index < -0.39 is 0 Å². The molecule has 0 spiro atoms. The Morgan fingerprint density at radius 1 is 0.958 bits per heavy atom. The summed E-state index contributed by atoms with van der Waals surface area (Å²) in [6, 6.07) is 8.91. The van der Waals surface area contributed by atoms with Crippen molar-refractivity contribution in [3.8, 4) is 0 Å². The zero-order valence-corrected chi connectivity index (χ0v) is 18.0. The molecule has 136 valence electrons. The first-order chi connectivity index (χ1) is 11.1. The van der Waals surface area contributed by atoms with Gasteiger partial charge in [0.15, 0.2) is 5.96 Å². The molecule has 5 heteroatoms. The first-order valence-electron chi connectivity index (χ1n) is 8.75. The van der Waals surface area contributed by atoms with Crippen LogP contribution in [0.4, 0.5) is 0 Å². The van der Waals surface area contributed by atoms with Crippen molar-refractivity contribution in [3.05, 3.63) is 35.4 Å². The molecule has 1 aromatic carbocycles. The largest absolute Gasteiger partial charge is 0.349 e. The summed E-state index contributed by atoms with van der Waals surface area (Å²) in [6.45, 7) is 4.30. The first kappa shape index (κ1) is 21.2. The van der Waals surface area contributed by atoms with Gasteiger partial charge >= 0.3 is 0 Å². The Bertz CT molecular complexity index is 496. The zero-order valence-electron chi connectivity index (χ0n) is 15.7. The topological polar surface area (TPSA) is 22.1 Å². The Labute approximate surface area is 164 Å². The molecule has 1 fully saturated rings. The van der Waals surface area contributed by atoms with Gasteiger partial charge in [-0.1, -0.05) is 37.1 Å². The average molecular weight is 444 g/mol. The van der Waals surface area contributed by atoms with Crippen LogP contribution in [0.3, 0.4) is 0 Å². The maximum Gasteiger partial charge on any atom is 0.195 e. The highest BCUT2D eigenvalue weighted by molar-refractivity contribution is 14.0. The molecule has 0 bridgehead atoms. The van der Waals surface area contributed by atoms with E-state index in [1.165, 1.54) is 49.9 Å². The molecule has 1 aliphatic rings. The third-order valence-electron chi connectivity index (χ3n) is 4.30. The van der Waals surface area contributed by atoms with Gasteiger partial charge < -0.3 is 9.80 Å². The molecule has 1 aromatic rings. The van der Waals surface area contributed by atoms with Gasteiger partial charge in [-0.2, -0.15) is 0 Å². The van der Waals surface area contributed by atoms with E-state index in [9.17, 15) is 0 Å². The van der Waals surface area contributed by atoms with E-state index in [4.69, 9.17) is 4.99 Å². The van der Waals surface area contributed by atoms with Gasteiger partial charge in [0.25, 0.3) is 0 Å². The SMILES string of the molecule is CN(C)C(=NCc1cccc(CN2CCCCCC2)c1)N(C)C.I. The quantitative estimate of drug-likeness (QED) is 0.402. The van der Waals surface area contributed by atoms with E-state index in [0.717, 1.165) is 19.0 Å². The van der Waals surface area contributed by atoms with Gasteiger partial charge in [-0.3, -0.25) is 4.90 Å². The number of aliphatic imine (C=N–C) groups is 1. The molecule has 0 aliphatic carbocycles. The highest BCUT2D eigenvalue weighted by atomic mass is 127. The smallest absolute Gasteiger partial charge is 0.195 e. The lowest BCUT2D eigenvalue weighted by Gasteiger charge is -2.23. The second-order valence-electron chi connectivity index (χ2n) is 6.92. The van der Waals surface area contributed by atoms with Crippen molar-refractivity contribution < 1.29 is 0 Å². The summed E-state index contributed by atoms with van der Waals surface area (Å²) in [6.07, 6.45) is 5.48. The Morgan fingerprint density at radius 2 is 1.54 bits per heavy atom. The van der Waals surface area contributed by atoms with Crippen LogP contribution in [0.1, 0.15) is 36.8 Å². The molecule has 1 heterocycles. The first-order valence-corrected chi connectivity index (χ1v) is 8.75. The van der Waals surface area contributed by atoms with E-state index in [2.05, 4.69) is 39.0 Å². The number of benzene rings is 1. The summed E-state index contributed by atoms with van der Waals surface area (Å²) < 4.78 is 0. The lowest BCUT2D eigenvalue weighted by atomic mass is 10.1. The molecular formula is C19H33IN4. The second-order valence-corrected chi connectivity index (χ2v) is 6.92. The second kappa shape index (κ2) is 10.9. The molecule has 0 N–H and O–H groups in total. The van der Waals surface area contributed by atoms with E-state index in [0.29, 0.717) is 0 Å². The highest BCUT2D eigenvalue weighted by Gasteiger charge is 2.10. The van der Waals surface area contributed by atoms with Crippen molar-refractivity contribution in [1.29, 1.82) is 0 Å². The van der Waals surface area contributed by atoms with E-state index in [1.54, 1.807) is 0 Å². The van der Waals surface area contributed by atoms with E-state index >= 15 is 0 Å². The number of hydrogen-bond donors (Lipinski definition) is 0. The van der Waals surface area contributed by atoms with Crippen molar-refractivity contribution in [2.75, 3.05) is 41.3 Å². The molecule has 0 aromatic heterocycles. The van der Waals surface area contributed by atoms with Crippen LogP contribution in [-0.2, 0) is 13.1 Å². The number of hydrogen-bond acceptors (Lipinski definition) is 2. The normalized spacial score (nSPS) is 15.2. The monoisotopic (exact) mass is 444 g/mol. The summed E-state index contributed by atoms with van der Waals surface area (Å²) in [5.74, 6) is 1.00. The van der Waals surface area contributed by atoms with Gasteiger partial charge in [-0.25, -0.2) is 4.99 Å². The predicted molar refractivity (Wildman–Crippen MR) is 114 cm³/mol. The van der Waals surface area contributed by atoms with Crippen molar-refractivity contribution in [1.82, 2.24) is 14.7 Å². The Balaban J connectivity index is 0.00000288. The van der Waals surface area contributed by atoms with Crippen LogP contribution in [0.2, 0.25) is 0 Å². The van der Waals surface area contributed by atoms with Crippen molar-refractivity contribution in [2.24, 2.45) is 4.99 Å². The van der Waals surface area contributed by atoms with Crippen molar-refractivity contribution in [3.63, 3.8) is 0 Å². The van der Waals surface area contributed by atoms with E-state index in [1.807, 2.05) is 28.2 Å². The van der Waals surface area contributed by atoms with Crippen molar-refractivity contribution in [2.45, 2.75) is 38.8 Å². The number of likely N-dealkylation sites (tertiary alicyclic amines) is 1. The molecule has 0 amide bonds. The summed E-state index contributed by atoms with van der Waals surface area (Å²) in [5, 5.41) is 0. The summed E-state index contributed by atoms with van der Waals surface area (Å²) in [5.41, 5.74) is 2.70. The van der Waals surface area contributed by atoms with E-state index in [-0.39, 0.29) is 24.0 Å². The lowest BCUT2D eigenvalue weighted by molar-refractivity contribution is 0.277. The molecule has 4 nitrogen and oxygen atoms in total. The maximum atomic E-state index is 4.75. The highest BCUT2D eigenvalue weighted by Crippen LogP contribution is 2.14. The van der Waals surface area contributed by atoms with Gasteiger partial charge in [0.1, 0.15) is 0 Å². The van der Waals surface area contributed by atoms with Gasteiger partial charge in [0.05, 0.1) is 6.54 Å². The fraction of sp³-hybridized carbons (Fsp3) is 0.632. The lowest BCUT2D eigenvalue weighted by Crippen LogP contribution is -2.35. The van der Waals surface area contributed by atoms with Crippen LogP contribution in [0.15, 0.2) is 29.3 Å². The summed E-state index contributed by atoms with van der Waals surface area (Å²) in [7, 11) is 8.15. The van der Waals surface area contributed by atoms with Crippen molar-refractivity contribution >= 4 is 29.9 Å². The summed E-state index contributed by atoms with van der Waals surface area (Å²) >= 11 is 0. The third kappa shape index (κ3) is 6.97. The Morgan fingerprint density at radius 3 is 2.12 bits per heavy atom. The fourth-order valence-corrected chi connectivity index (χ4v) is 3.22. The standard InChI is InChI=1S/C19H32N4.HI/c1-21(2)19(22(3)4)20-15-17-10-9-11-18(14-17)16-23-12-7-5-6-8-13-23;/h9-11,14H,5-8,12-13,15-16H2,1-4H3;1H. The third-order valence-corrected chi connectivity index (χ3v) is 4.30. The molecule has 1 saturated heterocycles. The minimum absolute atomic E-state index is 0. The maximum absolute atomic E-state index is 4.75. The van der Waals surface area contributed by atoms with Crippen LogP contribution in [0.5, 0.6) is 0 Å². The van der Waals surface area contributed by atoms with Gasteiger partial charge in [-0.05, 0) is 37.1 Å². The van der Waals surface area contributed by atoms with Gasteiger partial charge in [-0.15, -0.1) is 24.0 Å². The van der Waals surface area contributed by atoms with Crippen LogP contribution in [0, 0.1) is 0 Å². The van der Waals surface area contributed by atoms with Crippen LogP contribution < -0.4 is 0 Å².